The van der Waals surface area contributed by atoms with Crippen molar-refractivity contribution in [3.63, 3.8) is 0 Å². The fourth-order valence-electron chi connectivity index (χ4n) is 1.28. The van der Waals surface area contributed by atoms with Gasteiger partial charge < -0.3 is 10.5 Å². The van der Waals surface area contributed by atoms with Crippen LogP contribution in [0.2, 0.25) is 0 Å². The minimum absolute atomic E-state index is 0.117. The van der Waals surface area contributed by atoms with Gasteiger partial charge in [-0.15, -0.1) is 0 Å². The van der Waals surface area contributed by atoms with Crippen molar-refractivity contribution < 1.29 is 9.53 Å². The molecule has 0 aliphatic carbocycles. The van der Waals surface area contributed by atoms with Gasteiger partial charge in [0.05, 0.1) is 7.11 Å². The molecule has 0 saturated heterocycles. The minimum Gasteiger partial charge on any atom is -0.497 e. The fraction of sp³-hybridized carbons (Fsp3) is 0.0909. The summed E-state index contributed by atoms with van der Waals surface area (Å²) in [6.07, 6.45) is 1.70. The zero-order valence-electron chi connectivity index (χ0n) is 8.64. The van der Waals surface area contributed by atoms with E-state index >= 15 is 0 Å². The van der Waals surface area contributed by atoms with Crippen LogP contribution < -0.4 is 10.5 Å². The summed E-state index contributed by atoms with van der Waals surface area (Å²) < 4.78 is 5.04. The lowest BCUT2D eigenvalue weighted by atomic mass is 10.2. The van der Waals surface area contributed by atoms with Gasteiger partial charge in [0, 0.05) is 0 Å². The smallest absolute Gasteiger partial charge is 0.245 e. The summed E-state index contributed by atoms with van der Waals surface area (Å²) >= 11 is 0.951. The summed E-state index contributed by atoms with van der Waals surface area (Å²) in [4.78, 5) is 15.3. The van der Waals surface area contributed by atoms with Crippen LogP contribution in [0.15, 0.2) is 35.0 Å². The molecule has 0 fully saturated rings. The summed E-state index contributed by atoms with van der Waals surface area (Å²) in [5.41, 5.74) is 6.72. The standard InChI is InChI=1S/C11H10N2O2S/c1-15-8-4-2-7(3-5-8)6-9-10(14)16-11(12)13-9/h2-6H,1H3,(H2,12,13)/b9-6-. The van der Waals surface area contributed by atoms with Crippen LogP contribution in [-0.2, 0) is 4.79 Å². The number of hydrogen-bond donors (Lipinski definition) is 1. The third kappa shape index (κ3) is 2.25. The predicted octanol–water partition coefficient (Wildman–Crippen LogP) is 1.62. The Morgan fingerprint density at radius 1 is 1.38 bits per heavy atom. The first-order valence-electron chi connectivity index (χ1n) is 4.61. The Hall–Kier alpha value is -1.75. The molecule has 0 radical (unpaired) electrons. The van der Waals surface area contributed by atoms with Gasteiger partial charge in [-0.3, -0.25) is 4.79 Å². The first-order chi connectivity index (χ1) is 7.69. The predicted molar refractivity (Wildman–Crippen MR) is 65.2 cm³/mol. The second-order valence-electron chi connectivity index (χ2n) is 3.14. The maximum absolute atomic E-state index is 11.4. The van der Waals surface area contributed by atoms with Crippen LogP contribution in [0.4, 0.5) is 0 Å². The van der Waals surface area contributed by atoms with Crippen molar-refractivity contribution in [1.82, 2.24) is 0 Å². The van der Waals surface area contributed by atoms with Crippen LogP contribution in [0.1, 0.15) is 5.56 Å². The Bertz CT molecular complexity index is 477. The second-order valence-corrected chi connectivity index (χ2v) is 4.14. The van der Waals surface area contributed by atoms with Crippen molar-refractivity contribution in [3.8, 4) is 5.75 Å². The Kier molecular flexibility index (Phi) is 2.96. The molecule has 0 spiro atoms. The average Bonchev–Trinajstić information content (AvgIpc) is 2.59. The Morgan fingerprint density at radius 2 is 2.06 bits per heavy atom. The number of methoxy groups -OCH3 is 1. The first-order valence-corrected chi connectivity index (χ1v) is 5.43. The van der Waals surface area contributed by atoms with Crippen molar-refractivity contribution in [2.45, 2.75) is 0 Å². The number of rotatable bonds is 2. The molecule has 1 aliphatic rings. The summed E-state index contributed by atoms with van der Waals surface area (Å²) in [5, 5.41) is 0.179. The number of amidine groups is 1. The zero-order valence-corrected chi connectivity index (χ0v) is 9.45. The quantitative estimate of drug-likeness (QED) is 0.790. The molecular weight excluding hydrogens is 224 g/mol. The lowest BCUT2D eigenvalue weighted by Gasteiger charge is -1.99. The molecule has 1 aromatic rings. The molecule has 1 aliphatic heterocycles. The van der Waals surface area contributed by atoms with Gasteiger partial charge in [0.15, 0.2) is 5.17 Å². The third-order valence-electron chi connectivity index (χ3n) is 2.06. The Morgan fingerprint density at radius 3 is 2.56 bits per heavy atom. The van der Waals surface area contributed by atoms with Crippen molar-refractivity contribution in [2.24, 2.45) is 10.7 Å². The number of hydrogen-bond acceptors (Lipinski definition) is 5. The van der Waals surface area contributed by atoms with Gasteiger partial charge in [-0.1, -0.05) is 12.1 Å². The molecule has 0 unspecified atom stereocenters. The van der Waals surface area contributed by atoms with Crippen LogP contribution in [0.5, 0.6) is 5.75 Å². The minimum atomic E-state index is -0.117. The largest absolute Gasteiger partial charge is 0.497 e. The fourth-order valence-corrected chi connectivity index (χ4v) is 1.83. The van der Waals surface area contributed by atoms with E-state index in [0.717, 1.165) is 23.1 Å². The molecule has 1 aromatic carbocycles. The maximum atomic E-state index is 11.4. The highest BCUT2D eigenvalue weighted by Crippen LogP contribution is 2.23. The van der Waals surface area contributed by atoms with Crippen LogP contribution in [-0.4, -0.2) is 17.4 Å². The Labute approximate surface area is 97.2 Å². The topological polar surface area (TPSA) is 64.7 Å². The number of nitrogens with zero attached hydrogens (tertiary/aromatic N) is 1. The first kappa shape index (κ1) is 10.8. The van der Waals surface area contributed by atoms with Crippen LogP contribution in [0.25, 0.3) is 6.08 Å². The van der Waals surface area contributed by atoms with E-state index in [0.29, 0.717) is 10.9 Å². The van der Waals surface area contributed by atoms with Crippen molar-refractivity contribution >= 4 is 28.1 Å². The van der Waals surface area contributed by atoms with Gasteiger partial charge in [-0.25, -0.2) is 4.99 Å². The van der Waals surface area contributed by atoms with E-state index in [9.17, 15) is 4.79 Å². The van der Waals surface area contributed by atoms with Gasteiger partial charge in [-0.2, -0.15) is 0 Å². The number of benzene rings is 1. The molecule has 0 aromatic heterocycles. The number of nitrogens with two attached hydrogens (primary N) is 1. The lowest BCUT2D eigenvalue weighted by molar-refractivity contribution is -0.107. The average molecular weight is 234 g/mol. The van der Waals surface area contributed by atoms with Crippen molar-refractivity contribution in [3.05, 3.63) is 35.5 Å². The van der Waals surface area contributed by atoms with Gasteiger partial charge in [0.25, 0.3) is 0 Å². The molecule has 82 valence electrons. The van der Waals surface area contributed by atoms with Gasteiger partial charge in [0.1, 0.15) is 11.4 Å². The molecule has 4 nitrogen and oxygen atoms in total. The van der Waals surface area contributed by atoms with E-state index in [4.69, 9.17) is 10.5 Å². The highest BCUT2D eigenvalue weighted by Gasteiger charge is 2.19. The van der Waals surface area contributed by atoms with Crippen molar-refractivity contribution in [2.75, 3.05) is 7.11 Å². The molecule has 0 amide bonds. The van der Waals surface area contributed by atoms with Gasteiger partial charge in [0.2, 0.25) is 5.12 Å². The molecule has 2 N–H and O–H groups in total. The number of thioether (sulfide) groups is 1. The van der Waals surface area contributed by atoms with E-state index in [1.807, 2.05) is 24.3 Å². The molecule has 16 heavy (non-hydrogen) atoms. The van der Waals surface area contributed by atoms with Crippen molar-refractivity contribution in [1.29, 1.82) is 0 Å². The highest BCUT2D eigenvalue weighted by atomic mass is 32.2. The second kappa shape index (κ2) is 4.40. The van der Waals surface area contributed by atoms with Crippen LogP contribution in [0, 0.1) is 0 Å². The molecule has 0 bridgehead atoms. The molecule has 0 atom stereocenters. The van der Waals surface area contributed by atoms with Crippen LogP contribution >= 0.6 is 11.8 Å². The van der Waals surface area contributed by atoms with E-state index < -0.39 is 0 Å². The molecule has 2 rings (SSSR count). The number of carbonyl (C=O) groups excluding carboxylic acids is 1. The number of ether oxygens (including phenoxy) is 1. The number of aliphatic imine (C=N–C) groups is 1. The third-order valence-corrected chi connectivity index (χ3v) is 2.75. The molecule has 1 heterocycles. The van der Waals surface area contributed by atoms with E-state index in [1.165, 1.54) is 0 Å². The number of carbonyl (C=O) groups is 1. The summed E-state index contributed by atoms with van der Waals surface area (Å²) in [7, 11) is 1.61. The summed E-state index contributed by atoms with van der Waals surface area (Å²) in [6, 6.07) is 7.36. The molecular formula is C11H10N2O2S. The highest BCUT2D eigenvalue weighted by molar-refractivity contribution is 8.27. The molecule has 5 heteroatoms. The monoisotopic (exact) mass is 234 g/mol. The summed E-state index contributed by atoms with van der Waals surface area (Å²) in [5.74, 6) is 0.775. The van der Waals surface area contributed by atoms with Gasteiger partial charge in [-0.05, 0) is 35.5 Å². The van der Waals surface area contributed by atoms with Crippen LogP contribution in [0.3, 0.4) is 0 Å². The zero-order chi connectivity index (χ0) is 11.5. The van der Waals surface area contributed by atoms with E-state index in [-0.39, 0.29) is 5.12 Å². The van der Waals surface area contributed by atoms with E-state index in [2.05, 4.69) is 4.99 Å². The van der Waals surface area contributed by atoms with E-state index in [1.54, 1.807) is 13.2 Å². The maximum Gasteiger partial charge on any atom is 0.245 e. The Balaban J connectivity index is 2.26. The SMILES string of the molecule is COc1ccc(/C=C2\N=C(N)SC2=O)cc1. The lowest BCUT2D eigenvalue weighted by Crippen LogP contribution is -2.01. The normalized spacial score (nSPS) is 17.7. The van der Waals surface area contributed by atoms with Gasteiger partial charge >= 0.3 is 0 Å². The molecule has 0 saturated carbocycles. The summed E-state index contributed by atoms with van der Waals surface area (Å²) in [6.45, 7) is 0.